The molecular formula is C35H41N10O8S2+. The number of aromatic nitrogens is 5. The number of carbonyl (C=O) groups excluding carboxylic acids is 4. The quantitative estimate of drug-likeness (QED) is 0.0550. The zero-order valence-electron chi connectivity index (χ0n) is 30.8. The number of amides is 3. The monoisotopic (exact) mass is 793 g/mol. The van der Waals surface area contributed by atoms with Crippen LogP contribution >= 0.6 is 23.3 Å². The number of nitrogens with zero attached hydrogens (tertiary/aromatic N) is 7. The smallest absolute Gasteiger partial charge is 0.414 e. The first-order valence-corrected chi connectivity index (χ1v) is 19.1. The number of β-lactam (4-membered cyclic amide) rings is 1. The van der Waals surface area contributed by atoms with E-state index in [0.717, 1.165) is 22.6 Å². The molecule has 4 aromatic rings. The summed E-state index contributed by atoms with van der Waals surface area (Å²) >= 11 is 2.19. The van der Waals surface area contributed by atoms with E-state index in [-0.39, 0.29) is 42.1 Å². The van der Waals surface area contributed by atoms with Crippen LogP contribution in [0.2, 0.25) is 0 Å². The highest BCUT2D eigenvalue weighted by molar-refractivity contribution is 8.00. The largest absolute Gasteiger partial charge is 0.497 e. The van der Waals surface area contributed by atoms with Gasteiger partial charge in [-0.3, -0.25) is 24.4 Å². The highest BCUT2D eigenvalue weighted by Gasteiger charge is 2.55. The summed E-state index contributed by atoms with van der Waals surface area (Å²) in [6.07, 6.45) is 2.82. The number of hydrogen-bond acceptors (Lipinski definition) is 15. The lowest BCUT2D eigenvalue weighted by molar-refractivity contribution is -0.665. The molecule has 0 bridgehead atoms. The van der Waals surface area contributed by atoms with Crippen LogP contribution in [0.25, 0.3) is 11.2 Å². The van der Waals surface area contributed by atoms with Crippen LogP contribution in [-0.4, -0.2) is 96.4 Å². The number of carbonyl (C=O) groups is 4. The van der Waals surface area contributed by atoms with E-state index in [4.69, 9.17) is 24.8 Å². The fraction of sp³-hybridized carbons (Fsp3) is 0.400. The lowest BCUT2D eigenvalue weighted by Gasteiger charge is -2.49. The minimum absolute atomic E-state index is 0.0488. The maximum absolute atomic E-state index is 14.0. The number of imidazole rings is 1. The number of benzene rings is 1. The molecule has 2 atom stereocenters. The van der Waals surface area contributed by atoms with E-state index in [0.29, 0.717) is 35.8 Å². The Morgan fingerprint density at radius 2 is 1.95 bits per heavy atom. The van der Waals surface area contributed by atoms with Crippen LogP contribution in [0.4, 0.5) is 9.93 Å². The number of methoxy groups -OCH3 is 1. The minimum Gasteiger partial charge on any atom is -0.497 e. The molecule has 290 valence electrons. The Labute approximate surface area is 324 Å². The van der Waals surface area contributed by atoms with Gasteiger partial charge in [-0.2, -0.15) is 9.36 Å². The fourth-order valence-corrected chi connectivity index (χ4v) is 7.67. The molecule has 2 unspecified atom stereocenters. The summed E-state index contributed by atoms with van der Waals surface area (Å²) in [4.78, 5) is 69.2. The number of fused-ring (bicyclic) bond motifs is 2. The summed E-state index contributed by atoms with van der Waals surface area (Å²) in [7, 11) is 1.56. The lowest BCUT2D eigenvalue weighted by Crippen LogP contribution is -2.71. The van der Waals surface area contributed by atoms with Crippen LogP contribution in [0, 0.1) is 0 Å². The van der Waals surface area contributed by atoms with Crippen molar-refractivity contribution in [1.82, 2.24) is 29.1 Å². The van der Waals surface area contributed by atoms with Gasteiger partial charge in [-0.15, -0.1) is 16.7 Å². The van der Waals surface area contributed by atoms with Gasteiger partial charge in [0.2, 0.25) is 16.7 Å². The van der Waals surface area contributed by atoms with Gasteiger partial charge in [0.1, 0.15) is 47.9 Å². The molecular weight excluding hydrogens is 753 g/mol. The van der Waals surface area contributed by atoms with Gasteiger partial charge in [0.25, 0.3) is 11.8 Å². The van der Waals surface area contributed by atoms with Gasteiger partial charge in [0.15, 0.2) is 11.8 Å². The Morgan fingerprint density at radius 3 is 2.65 bits per heavy atom. The van der Waals surface area contributed by atoms with Crippen molar-refractivity contribution in [2.75, 3.05) is 31.3 Å². The Balaban J connectivity index is 1.24. The maximum Gasteiger partial charge on any atom is 0.414 e. The number of esters is 1. The third kappa shape index (κ3) is 8.87. The number of nitrogens with two attached hydrogens (primary N) is 1. The van der Waals surface area contributed by atoms with Gasteiger partial charge in [-0.05, 0) is 57.5 Å². The first-order chi connectivity index (χ1) is 26.4. The van der Waals surface area contributed by atoms with Crippen molar-refractivity contribution in [2.24, 2.45) is 10.9 Å². The zero-order chi connectivity index (χ0) is 39.3. The first-order valence-electron chi connectivity index (χ1n) is 17.3. The van der Waals surface area contributed by atoms with Gasteiger partial charge in [0, 0.05) is 29.4 Å². The topological polar surface area (TPSA) is 218 Å². The van der Waals surface area contributed by atoms with E-state index < -0.39 is 40.9 Å². The van der Waals surface area contributed by atoms with Crippen molar-refractivity contribution >= 4 is 69.2 Å². The molecule has 5 heterocycles. The average molecular weight is 794 g/mol. The molecule has 4 N–H and O–H groups in total. The second-order valence-electron chi connectivity index (χ2n) is 13.2. The Hall–Kier alpha value is -5.60. The molecule has 0 saturated carbocycles. The van der Waals surface area contributed by atoms with Crippen LogP contribution in [0.5, 0.6) is 5.75 Å². The van der Waals surface area contributed by atoms with Crippen LogP contribution in [0.3, 0.4) is 0 Å². The highest BCUT2D eigenvalue weighted by Crippen LogP contribution is 2.41. The predicted octanol–water partition coefficient (Wildman–Crippen LogP) is 2.33. The van der Waals surface area contributed by atoms with E-state index in [1.54, 1.807) is 65.3 Å². The van der Waals surface area contributed by atoms with Crippen LogP contribution in [-0.2, 0) is 48.4 Å². The molecule has 2 aliphatic heterocycles. The van der Waals surface area contributed by atoms with Crippen LogP contribution < -0.4 is 25.7 Å². The fourth-order valence-electron chi connectivity index (χ4n) is 5.77. The van der Waals surface area contributed by atoms with E-state index in [9.17, 15) is 19.2 Å². The van der Waals surface area contributed by atoms with Gasteiger partial charge in [-0.25, -0.2) is 14.2 Å². The predicted molar refractivity (Wildman–Crippen MR) is 202 cm³/mol. The molecule has 1 fully saturated rings. The summed E-state index contributed by atoms with van der Waals surface area (Å²) in [5.74, 6) is -1.15. The summed E-state index contributed by atoms with van der Waals surface area (Å²) < 4.78 is 24.3. The number of ether oxygens (including phenoxy) is 3. The number of hydrogen-bond donors (Lipinski definition) is 3. The van der Waals surface area contributed by atoms with E-state index in [2.05, 4.69) is 30.1 Å². The molecule has 55 heavy (non-hydrogen) atoms. The van der Waals surface area contributed by atoms with Crippen molar-refractivity contribution < 1.29 is 42.8 Å². The van der Waals surface area contributed by atoms with Crippen LogP contribution in [0.1, 0.15) is 39.1 Å². The number of thioether (sulfide) groups is 1. The molecule has 0 radical (unpaired) electrons. The second-order valence-corrected chi connectivity index (χ2v) is 15.1. The van der Waals surface area contributed by atoms with Crippen molar-refractivity contribution in [2.45, 2.75) is 64.4 Å². The van der Waals surface area contributed by atoms with Crippen molar-refractivity contribution in [3.8, 4) is 5.75 Å². The van der Waals surface area contributed by atoms with Crippen molar-refractivity contribution in [1.29, 1.82) is 0 Å². The minimum atomic E-state index is -1.03. The first kappa shape index (κ1) is 39.1. The molecule has 0 aliphatic carbocycles. The molecule has 6 rings (SSSR count). The molecule has 18 nitrogen and oxygen atoms in total. The summed E-state index contributed by atoms with van der Waals surface area (Å²) in [5, 5.41) is 8.53. The van der Waals surface area contributed by atoms with E-state index in [1.807, 2.05) is 27.6 Å². The Bertz CT molecular complexity index is 2140. The molecule has 3 aromatic heterocycles. The molecule has 1 saturated heterocycles. The Morgan fingerprint density at radius 1 is 1.16 bits per heavy atom. The van der Waals surface area contributed by atoms with Gasteiger partial charge in [-0.1, -0.05) is 17.3 Å². The van der Waals surface area contributed by atoms with E-state index >= 15 is 0 Å². The molecule has 0 spiro atoms. The van der Waals surface area contributed by atoms with Gasteiger partial charge in [0.05, 0.1) is 20.2 Å². The van der Waals surface area contributed by atoms with Crippen molar-refractivity contribution in [3.05, 3.63) is 71.6 Å². The second kappa shape index (κ2) is 16.8. The van der Waals surface area contributed by atoms with Gasteiger partial charge < -0.3 is 30.1 Å². The third-order valence-corrected chi connectivity index (χ3v) is 10.1. The highest BCUT2D eigenvalue weighted by atomic mass is 32.2. The summed E-state index contributed by atoms with van der Waals surface area (Å²) in [5.41, 5.74) is 7.83. The maximum atomic E-state index is 14.0. The molecule has 1 aromatic carbocycles. The summed E-state index contributed by atoms with van der Waals surface area (Å²) in [6.45, 7) is 8.11. The summed E-state index contributed by atoms with van der Waals surface area (Å²) in [6, 6.07) is 9.83. The standard InChI is InChI=1S/C35H40N10O8S2/c1-6-52-41-24(27-39-33(55-42-27)40-34(49)53-35(2,3)4)29(46)38-25-30(47)45-26(32(48)51-17-20-9-11-22(50-5)12-10-20)21(18-54-31(25)45)16-44-19-43(15-13-36)23-8-7-14-37-28(23)44/h7-12,14,19,25,31H,6,13,15-18,36H2,1-5H3,(H-,38,39,40,42,46,49)/p+1/b41-24-. The molecule has 3 amide bonds. The molecule has 2 aliphatic rings. The molecule has 20 heteroatoms. The third-order valence-electron chi connectivity index (χ3n) is 8.16. The lowest BCUT2D eigenvalue weighted by atomic mass is 10.0. The van der Waals surface area contributed by atoms with Gasteiger partial charge >= 0.3 is 17.7 Å². The van der Waals surface area contributed by atoms with E-state index in [1.165, 1.54) is 16.7 Å². The SMILES string of the molecule is CCO/N=C(\C(=O)NC1C(=O)N2C(C(=O)OCc3ccc(OC)cc3)=C(C[n+]3cn(CCN)c4cccnc43)CSC12)c1nsc(NC(=O)OC(C)(C)C)n1. The number of anilines is 1. The Kier molecular flexibility index (Phi) is 12.0. The number of oxime groups is 1. The number of nitrogens with one attached hydrogen (secondary N) is 2. The normalized spacial score (nSPS) is 17.0. The number of pyridine rings is 1. The van der Waals surface area contributed by atoms with Crippen molar-refractivity contribution in [3.63, 3.8) is 0 Å². The number of rotatable bonds is 14. The van der Waals surface area contributed by atoms with Crippen LogP contribution in [0.15, 0.2) is 65.3 Å². The average Bonchev–Trinajstić information content (AvgIpc) is 3.76. The zero-order valence-corrected chi connectivity index (χ0v) is 32.4.